The van der Waals surface area contributed by atoms with Gasteiger partial charge in [0.25, 0.3) is 0 Å². The van der Waals surface area contributed by atoms with Crippen molar-refractivity contribution in [1.82, 2.24) is 4.98 Å². The molecule has 76 valence electrons. The number of nitrogens with two attached hydrogens (primary N) is 1. The molecule has 0 aliphatic carbocycles. The predicted molar refractivity (Wildman–Crippen MR) is 59.4 cm³/mol. The van der Waals surface area contributed by atoms with Crippen LogP contribution in [0.1, 0.15) is 0 Å². The maximum absolute atomic E-state index is 5.85. The lowest BCUT2D eigenvalue weighted by Gasteiger charge is -2.29. The number of rotatable bonds is 1. The Morgan fingerprint density at radius 1 is 1.43 bits per heavy atom. The zero-order valence-corrected chi connectivity index (χ0v) is 9.33. The van der Waals surface area contributed by atoms with Gasteiger partial charge < -0.3 is 15.4 Å². The highest BCUT2D eigenvalue weighted by atomic mass is 79.9. The number of pyridine rings is 1. The third-order valence-corrected chi connectivity index (χ3v) is 2.66. The van der Waals surface area contributed by atoms with Gasteiger partial charge in [-0.1, -0.05) is 0 Å². The van der Waals surface area contributed by atoms with Crippen LogP contribution in [-0.4, -0.2) is 31.3 Å². The molecule has 2 heterocycles. The van der Waals surface area contributed by atoms with E-state index in [0.717, 1.165) is 42.3 Å². The van der Waals surface area contributed by atoms with Crippen LogP contribution in [0.3, 0.4) is 0 Å². The summed E-state index contributed by atoms with van der Waals surface area (Å²) in [5.41, 5.74) is 7.61. The fourth-order valence-corrected chi connectivity index (χ4v) is 1.83. The summed E-state index contributed by atoms with van der Waals surface area (Å²) in [6, 6.07) is 1.95. The molecule has 1 aliphatic rings. The van der Waals surface area contributed by atoms with E-state index < -0.39 is 0 Å². The van der Waals surface area contributed by atoms with Gasteiger partial charge in [-0.3, -0.25) is 0 Å². The van der Waals surface area contributed by atoms with E-state index in [1.165, 1.54) is 0 Å². The fourth-order valence-electron chi connectivity index (χ4n) is 1.51. The molecule has 1 aliphatic heterocycles. The molecule has 0 radical (unpaired) electrons. The van der Waals surface area contributed by atoms with Gasteiger partial charge in [0.15, 0.2) is 0 Å². The number of nitrogens with zero attached hydrogens (tertiary/aromatic N) is 2. The monoisotopic (exact) mass is 257 g/mol. The van der Waals surface area contributed by atoms with Gasteiger partial charge >= 0.3 is 0 Å². The van der Waals surface area contributed by atoms with E-state index in [-0.39, 0.29) is 0 Å². The third kappa shape index (κ3) is 1.99. The van der Waals surface area contributed by atoms with E-state index in [4.69, 9.17) is 10.5 Å². The molecule has 1 aromatic rings. The summed E-state index contributed by atoms with van der Waals surface area (Å²) in [7, 11) is 0. The standard InChI is InChI=1S/C9H12BrN3O/c10-9-5-8(7(11)6-12-9)13-1-3-14-4-2-13/h5-6H,1-4,11H2. The average Bonchev–Trinajstić information content (AvgIpc) is 2.23. The summed E-state index contributed by atoms with van der Waals surface area (Å²) in [4.78, 5) is 6.28. The number of aromatic nitrogens is 1. The number of hydrogen-bond acceptors (Lipinski definition) is 4. The third-order valence-electron chi connectivity index (χ3n) is 2.23. The Labute approximate surface area is 91.2 Å². The molecule has 2 rings (SSSR count). The Hall–Kier alpha value is -0.810. The molecule has 1 saturated heterocycles. The van der Waals surface area contributed by atoms with Gasteiger partial charge in [0.05, 0.1) is 30.8 Å². The number of anilines is 2. The molecule has 0 aromatic carbocycles. The van der Waals surface area contributed by atoms with Crippen molar-refractivity contribution < 1.29 is 4.74 Å². The lowest BCUT2D eigenvalue weighted by atomic mass is 10.3. The normalized spacial score (nSPS) is 17.1. The molecule has 0 saturated carbocycles. The van der Waals surface area contributed by atoms with Crippen molar-refractivity contribution in [2.75, 3.05) is 36.9 Å². The van der Waals surface area contributed by atoms with Gasteiger partial charge in [0.1, 0.15) is 4.60 Å². The molecule has 0 unspecified atom stereocenters. The van der Waals surface area contributed by atoms with Crippen molar-refractivity contribution in [3.05, 3.63) is 16.9 Å². The molecule has 5 heteroatoms. The fraction of sp³-hybridized carbons (Fsp3) is 0.444. The lowest BCUT2D eigenvalue weighted by molar-refractivity contribution is 0.123. The molecule has 1 fully saturated rings. The summed E-state index contributed by atoms with van der Waals surface area (Å²) >= 11 is 3.34. The van der Waals surface area contributed by atoms with Crippen molar-refractivity contribution in [3.8, 4) is 0 Å². The van der Waals surface area contributed by atoms with Gasteiger partial charge in [0.2, 0.25) is 0 Å². The van der Waals surface area contributed by atoms with Crippen LogP contribution in [0.5, 0.6) is 0 Å². The number of morpholine rings is 1. The number of ether oxygens (including phenoxy) is 1. The van der Waals surface area contributed by atoms with Crippen LogP contribution < -0.4 is 10.6 Å². The largest absolute Gasteiger partial charge is 0.396 e. The highest BCUT2D eigenvalue weighted by molar-refractivity contribution is 9.10. The van der Waals surface area contributed by atoms with Crippen molar-refractivity contribution in [2.45, 2.75) is 0 Å². The van der Waals surface area contributed by atoms with Gasteiger partial charge in [-0.25, -0.2) is 4.98 Å². The summed E-state index contributed by atoms with van der Waals surface area (Å²) in [6.45, 7) is 3.31. The maximum atomic E-state index is 5.85. The number of nitrogen functional groups attached to an aromatic ring is 1. The Morgan fingerprint density at radius 3 is 2.86 bits per heavy atom. The molecule has 2 N–H and O–H groups in total. The van der Waals surface area contributed by atoms with Gasteiger partial charge in [-0.05, 0) is 22.0 Å². The topological polar surface area (TPSA) is 51.4 Å². The number of halogens is 1. The average molecular weight is 258 g/mol. The van der Waals surface area contributed by atoms with Gasteiger partial charge in [-0.15, -0.1) is 0 Å². The zero-order valence-electron chi connectivity index (χ0n) is 7.74. The van der Waals surface area contributed by atoms with Crippen molar-refractivity contribution in [3.63, 3.8) is 0 Å². The van der Waals surface area contributed by atoms with E-state index in [9.17, 15) is 0 Å². The summed E-state index contributed by atoms with van der Waals surface area (Å²) in [6.07, 6.45) is 1.68. The van der Waals surface area contributed by atoms with Gasteiger partial charge in [0, 0.05) is 13.1 Å². The minimum absolute atomic E-state index is 0.718. The highest BCUT2D eigenvalue weighted by Crippen LogP contribution is 2.25. The Bertz CT molecular complexity index is 326. The predicted octanol–water partition coefficient (Wildman–Crippen LogP) is 1.26. The second kappa shape index (κ2) is 4.14. The second-order valence-electron chi connectivity index (χ2n) is 3.17. The highest BCUT2D eigenvalue weighted by Gasteiger charge is 2.13. The van der Waals surface area contributed by atoms with Crippen LogP contribution in [0.4, 0.5) is 11.4 Å². The van der Waals surface area contributed by atoms with E-state index >= 15 is 0 Å². The van der Waals surface area contributed by atoms with Crippen LogP contribution in [0, 0.1) is 0 Å². The molecular formula is C9H12BrN3O. The second-order valence-corrected chi connectivity index (χ2v) is 3.98. The van der Waals surface area contributed by atoms with Crippen molar-refractivity contribution >= 4 is 27.3 Å². The van der Waals surface area contributed by atoms with Crippen LogP contribution >= 0.6 is 15.9 Å². The summed E-state index contributed by atoms with van der Waals surface area (Å²) in [5.74, 6) is 0. The first kappa shape index (κ1) is 9.73. The molecule has 14 heavy (non-hydrogen) atoms. The van der Waals surface area contributed by atoms with Crippen molar-refractivity contribution in [1.29, 1.82) is 0 Å². The van der Waals surface area contributed by atoms with E-state index in [1.54, 1.807) is 6.20 Å². The first-order valence-electron chi connectivity index (χ1n) is 4.51. The SMILES string of the molecule is Nc1cnc(Br)cc1N1CCOCC1. The van der Waals surface area contributed by atoms with Gasteiger partial charge in [-0.2, -0.15) is 0 Å². The first-order chi connectivity index (χ1) is 6.77. The van der Waals surface area contributed by atoms with E-state index in [1.807, 2.05) is 6.07 Å². The van der Waals surface area contributed by atoms with Crippen LogP contribution in [0.15, 0.2) is 16.9 Å². The molecular weight excluding hydrogens is 246 g/mol. The summed E-state index contributed by atoms with van der Waals surface area (Å²) < 4.78 is 6.09. The molecule has 1 aromatic heterocycles. The van der Waals surface area contributed by atoms with E-state index in [2.05, 4.69) is 25.8 Å². The molecule has 0 bridgehead atoms. The lowest BCUT2D eigenvalue weighted by Crippen LogP contribution is -2.36. The van der Waals surface area contributed by atoms with Crippen LogP contribution in [0.2, 0.25) is 0 Å². The molecule has 0 spiro atoms. The zero-order chi connectivity index (χ0) is 9.97. The Kier molecular flexibility index (Phi) is 2.88. The minimum atomic E-state index is 0.718. The first-order valence-corrected chi connectivity index (χ1v) is 5.30. The quantitative estimate of drug-likeness (QED) is 0.770. The van der Waals surface area contributed by atoms with Crippen molar-refractivity contribution in [2.24, 2.45) is 0 Å². The molecule has 0 amide bonds. The Balaban J connectivity index is 2.24. The Morgan fingerprint density at radius 2 is 2.14 bits per heavy atom. The van der Waals surface area contributed by atoms with Crippen LogP contribution in [0.25, 0.3) is 0 Å². The molecule has 0 atom stereocenters. The summed E-state index contributed by atoms with van der Waals surface area (Å²) in [5, 5.41) is 0. The minimum Gasteiger partial charge on any atom is -0.396 e. The maximum Gasteiger partial charge on any atom is 0.108 e. The number of hydrogen-bond donors (Lipinski definition) is 1. The molecule has 4 nitrogen and oxygen atoms in total. The smallest absolute Gasteiger partial charge is 0.108 e. The van der Waals surface area contributed by atoms with E-state index in [0.29, 0.717) is 0 Å². The van der Waals surface area contributed by atoms with Crippen LogP contribution in [-0.2, 0) is 4.74 Å².